The molecule has 0 spiro atoms. The van der Waals surface area contributed by atoms with Gasteiger partial charge in [-0.2, -0.15) is 0 Å². The maximum absolute atomic E-state index is 13.6. The summed E-state index contributed by atoms with van der Waals surface area (Å²) in [5.41, 5.74) is 8.93. The molecule has 21 heavy (non-hydrogen) atoms. The zero-order valence-corrected chi connectivity index (χ0v) is 11.9. The molecule has 0 aliphatic rings. The molecule has 3 rings (SSSR count). The smallest absolute Gasteiger partial charge is 0.201 e. The first-order valence-corrected chi connectivity index (χ1v) is 6.64. The van der Waals surface area contributed by atoms with Gasteiger partial charge in [0.2, 0.25) is 5.95 Å². The number of nitrogens with zero attached hydrogens (tertiary/aromatic N) is 2. The van der Waals surface area contributed by atoms with Crippen molar-refractivity contribution in [2.75, 3.05) is 12.8 Å². The summed E-state index contributed by atoms with van der Waals surface area (Å²) in [6.07, 6.45) is 0. The number of aromatic nitrogens is 2. The van der Waals surface area contributed by atoms with Crippen LogP contribution in [-0.2, 0) is 6.54 Å². The van der Waals surface area contributed by atoms with Crippen molar-refractivity contribution in [2.24, 2.45) is 0 Å². The minimum absolute atomic E-state index is 0.274. The highest BCUT2D eigenvalue weighted by Crippen LogP contribution is 2.25. The van der Waals surface area contributed by atoms with Gasteiger partial charge in [-0.15, -0.1) is 0 Å². The van der Waals surface area contributed by atoms with E-state index in [2.05, 4.69) is 4.98 Å². The van der Waals surface area contributed by atoms with Crippen LogP contribution in [0.5, 0.6) is 5.75 Å². The molecule has 0 saturated heterocycles. The molecule has 0 unspecified atom stereocenters. The fourth-order valence-corrected chi connectivity index (χ4v) is 2.44. The molecule has 0 saturated carbocycles. The van der Waals surface area contributed by atoms with E-state index in [1.54, 1.807) is 20.1 Å². The van der Waals surface area contributed by atoms with Crippen molar-refractivity contribution in [2.45, 2.75) is 13.5 Å². The Morgan fingerprint density at radius 3 is 2.81 bits per heavy atom. The maximum atomic E-state index is 13.6. The van der Waals surface area contributed by atoms with Gasteiger partial charge in [0, 0.05) is 11.6 Å². The average molecular weight is 285 g/mol. The molecule has 0 fully saturated rings. The highest BCUT2D eigenvalue weighted by molar-refractivity contribution is 5.79. The van der Waals surface area contributed by atoms with Gasteiger partial charge >= 0.3 is 0 Å². The second-order valence-corrected chi connectivity index (χ2v) is 4.96. The number of benzene rings is 2. The van der Waals surface area contributed by atoms with Crippen LogP contribution in [0.3, 0.4) is 0 Å². The van der Waals surface area contributed by atoms with Crippen LogP contribution in [0.15, 0.2) is 36.4 Å². The number of hydrogen-bond acceptors (Lipinski definition) is 3. The number of nitrogens with two attached hydrogens (primary N) is 1. The molecule has 3 aromatic rings. The van der Waals surface area contributed by atoms with Crippen LogP contribution in [0.1, 0.15) is 11.1 Å². The fourth-order valence-electron chi connectivity index (χ4n) is 2.44. The van der Waals surface area contributed by atoms with E-state index < -0.39 is 0 Å². The van der Waals surface area contributed by atoms with Crippen LogP contribution in [0, 0.1) is 12.7 Å². The minimum Gasteiger partial charge on any atom is -0.496 e. The lowest BCUT2D eigenvalue weighted by molar-refractivity contribution is 0.408. The summed E-state index contributed by atoms with van der Waals surface area (Å²) in [5.74, 6) is 0.878. The van der Waals surface area contributed by atoms with Gasteiger partial charge in [-0.1, -0.05) is 18.2 Å². The van der Waals surface area contributed by atoms with Gasteiger partial charge in [0.15, 0.2) is 0 Å². The molecule has 1 aromatic heterocycles. The number of para-hydroxylation sites is 1. The van der Waals surface area contributed by atoms with Crippen LogP contribution in [0.25, 0.3) is 11.0 Å². The van der Waals surface area contributed by atoms with Gasteiger partial charge in [-0.05, 0) is 24.6 Å². The molecule has 0 bridgehead atoms. The molecule has 108 valence electrons. The molecular formula is C16H16FN3O. The normalized spacial score (nSPS) is 11.0. The Labute approximate surface area is 122 Å². The molecule has 1 heterocycles. The van der Waals surface area contributed by atoms with E-state index in [0.717, 1.165) is 16.8 Å². The zero-order chi connectivity index (χ0) is 15.0. The van der Waals surface area contributed by atoms with E-state index in [-0.39, 0.29) is 5.82 Å². The maximum Gasteiger partial charge on any atom is 0.201 e. The lowest BCUT2D eigenvalue weighted by atomic mass is 10.2. The van der Waals surface area contributed by atoms with Crippen molar-refractivity contribution in [3.8, 4) is 5.75 Å². The van der Waals surface area contributed by atoms with Crippen molar-refractivity contribution in [3.63, 3.8) is 0 Å². The largest absolute Gasteiger partial charge is 0.496 e. The Kier molecular flexibility index (Phi) is 3.25. The molecule has 0 atom stereocenters. The predicted octanol–water partition coefficient (Wildman–Crippen LogP) is 3.12. The van der Waals surface area contributed by atoms with E-state index in [0.29, 0.717) is 23.6 Å². The van der Waals surface area contributed by atoms with Crippen LogP contribution in [0.2, 0.25) is 0 Å². The Bertz CT molecular complexity index is 811. The summed E-state index contributed by atoms with van der Waals surface area (Å²) in [5, 5.41) is 0. The van der Waals surface area contributed by atoms with Gasteiger partial charge in [-0.3, -0.25) is 0 Å². The van der Waals surface area contributed by atoms with Crippen LogP contribution >= 0.6 is 0 Å². The summed E-state index contributed by atoms with van der Waals surface area (Å²) in [6.45, 7) is 2.25. The van der Waals surface area contributed by atoms with Gasteiger partial charge < -0.3 is 15.0 Å². The molecule has 4 nitrogen and oxygen atoms in total. The second-order valence-electron chi connectivity index (χ2n) is 4.96. The summed E-state index contributed by atoms with van der Waals surface area (Å²) >= 11 is 0. The number of fused-ring (bicyclic) bond motifs is 1. The predicted molar refractivity (Wildman–Crippen MR) is 80.9 cm³/mol. The highest BCUT2D eigenvalue weighted by Gasteiger charge is 2.13. The third-order valence-corrected chi connectivity index (χ3v) is 3.58. The van der Waals surface area contributed by atoms with Crippen molar-refractivity contribution in [3.05, 3.63) is 53.3 Å². The summed E-state index contributed by atoms with van der Waals surface area (Å²) < 4.78 is 20.8. The molecule has 0 amide bonds. The molecule has 0 radical (unpaired) electrons. The lowest BCUT2D eigenvalue weighted by Gasteiger charge is -2.11. The number of rotatable bonds is 3. The molecule has 2 aromatic carbocycles. The van der Waals surface area contributed by atoms with Gasteiger partial charge in [0.1, 0.15) is 11.6 Å². The Balaban J connectivity index is 2.12. The first-order valence-electron chi connectivity index (χ1n) is 6.64. The number of ether oxygens (including phenoxy) is 1. The molecule has 5 heteroatoms. The van der Waals surface area contributed by atoms with E-state index in [1.165, 1.54) is 6.07 Å². The fraction of sp³-hybridized carbons (Fsp3) is 0.188. The van der Waals surface area contributed by atoms with Crippen molar-refractivity contribution in [1.29, 1.82) is 0 Å². The number of hydrogen-bond donors (Lipinski definition) is 1. The Morgan fingerprint density at radius 1 is 1.29 bits per heavy atom. The highest BCUT2D eigenvalue weighted by atomic mass is 19.1. The van der Waals surface area contributed by atoms with Gasteiger partial charge in [0.25, 0.3) is 0 Å². The van der Waals surface area contributed by atoms with E-state index >= 15 is 0 Å². The second kappa shape index (κ2) is 5.09. The number of halogens is 1. The number of methoxy groups -OCH3 is 1. The number of nitrogen functional groups attached to an aromatic ring is 1. The zero-order valence-electron chi connectivity index (χ0n) is 11.9. The average Bonchev–Trinajstić information content (AvgIpc) is 2.76. The first-order chi connectivity index (χ1) is 10.1. The van der Waals surface area contributed by atoms with Crippen molar-refractivity contribution < 1.29 is 9.13 Å². The van der Waals surface area contributed by atoms with E-state index in [1.807, 2.05) is 28.8 Å². The van der Waals surface area contributed by atoms with Gasteiger partial charge in [-0.25, -0.2) is 9.37 Å². The SMILES string of the molecule is COc1ccccc1Cn1c(N)nc2cc(F)c(C)cc21. The molecule has 0 aliphatic heterocycles. The van der Waals surface area contributed by atoms with Crippen LogP contribution in [0.4, 0.5) is 10.3 Å². The third-order valence-electron chi connectivity index (χ3n) is 3.58. The van der Waals surface area contributed by atoms with E-state index in [9.17, 15) is 4.39 Å². The molecular weight excluding hydrogens is 269 g/mol. The Morgan fingerprint density at radius 2 is 2.05 bits per heavy atom. The number of aryl methyl sites for hydroxylation is 1. The molecule has 0 aliphatic carbocycles. The van der Waals surface area contributed by atoms with Crippen LogP contribution in [-0.4, -0.2) is 16.7 Å². The molecule has 2 N–H and O–H groups in total. The quantitative estimate of drug-likeness (QED) is 0.804. The lowest BCUT2D eigenvalue weighted by Crippen LogP contribution is -2.06. The standard InChI is InChI=1S/C16H16FN3O/c1-10-7-14-13(8-12(10)17)19-16(18)20(14)9-11-5-3-4-6-15(11)21-2/h3-8H,9H2,1-2H3,(H2,18,19). The van der Waals surface area contributed by atoms with Crippen molar-refractivity contribution >= 4 is 17.0 Å². The summed E-state index contributed by atoms with van der Waals surface area (Å²) in [6, 6.07) is 10.9. The summed E-state index contributed by atoms with van der Waals surface area (Å²) in [4.78, 5) is 4.23. The Hall–Kier alpha value is -2.56. The summed E-state index contributed by atoms with van der Waals surface area (Å²) in [7, 11) is 1.63. The van der Waals surface area contributed by atoms with Crippen molar-refractivity contribution in [1.82, 2.24) is 9.55 Å². The first kappa shape index (κ1) is 13.4. The monoisotopic (exact) mass is 285 g/mol. The third kappa shape index (κ3) is 2.31. The number of anilines is 1. The van der Waals surface area contributed by atoms with Crippen LogP contribution < -0.4 is 10.5 Å². The minimum atomic E-state index is -0.274. The van der Waals surface area contributed by atoms with Gasteiger partial charge in [0.05, 0.1) is 24.7 Å². The van der Waals surface area contributed by atoms with E-state index in [4.69, 9.17) is 10.5 Å². The number of imidazole rings is 1. The topological polar surface area (TPSA) is 53.1 Å².